The number of anilines is 4. The number of rotatable bonds is 4. The average Bonchev–Trinajstić information content (AvgIpc) is 2.54. The number of aromatic nitrogens is 2. The van der Waals surface area contributed by atoms with E-state index in [4.69, 9.17) is 23.2 Å². The van der Waals surface area contributed by atoms with Crippen LogP contribution in [0.15, 0.2) is 54.7 Å². The normalized spacial score (nSPS) is 10.4. The lowest BCUT2D eigenvalue weighted by atomic mass is 10.2. The van der Waals surface area contributed by atoms with Crippen molar-refractivity contribution < 1.29 is 0 Å². The summed E-state index contributed by atoms with van der Waals surface area (Å²) >= 11 is 12.2. The van der Waals surface area contributed by atoms with E-state index >= 15 is 0 Å². The van der Waals surface area contributed by atoms with E-state index in [2.05, 4.69) is 20.6 Å². The predicted octanol–water partition coefficient (Wildman–Crippen LogP) is 5.58. The molecule has 23 heavy (non-hydrogen) atoms. The highest BCUT2D eigenvalue weighted by Crippen LogP contribution is 2.31. The summed E-state index contributed by atoms with van der Waals surface area (Å²) in [6.45, 7) is 2.04. The zero-order valence-corrected chi connectivity index (χ0v) is 13.9. The quantitative estimate of drug-likeness (QED) is 0.648. The van der Waals surface area contributed by atoms with Gasteiger partial charge in [0.25, 0.3) is 0 Å². The maximum absolute atomic E-state index is 6.17. The largest absolute Gasteiger partial charge is 0.339 e. The van der Waals surface area contributed by atoms with Crippen molar-refractivity contribution in [1.29, 1.82) is 0 Å². The Morgan fingerprint density at radius 2 is 1.70 bits per heavy atom. The average molecular weight is 345 g/mol. The first-order valence-corrected chi connectivity index (χ1v) is 7.75. The minimum absolute atomic E-state index is 0.459. The van der Waals surface area contributed by atoms with Gasteiger partial charge in [0.1, 0.15) is 5.82 Å². The first-order valence-electron chi connectivity index (χ1n) is 6.99. The van der Waals surface area contributed by atoms with Crippen LogP contribution in [0.1, 0.15) is 5.56 Å². The fourth-order valence-corrected chi connectivity index (χ4v) is 2.34. The van der Waals surface area contributed by atoms with Crippen LogP contribution in [0, 0.1) is 6.92 Å². The number of hydrogen-bond acceptors (Lipinski definition) is 4. The molecular weight excluding hydrogens is 331 g/mol. The number of nitrogens with one attached hydrogen (secondary N) is 2. The Kier molecular flexibility index (Phi) is 4.65. The van der Waals surface area contributed by atoms with Crippen LogP contribution in [0.2, 0.25) is 10.0 Å². The highest BCUT2D eigenvalue weighted by molar-refractivity contribution is 6.43. The molecule has 0 aliphatic heterocycles. The Balaban J connectivity index is 1.79. The van der Waals surface area contributed by atoms with Gasteiger partial charge in [0.2, 0.25) is 5.95 Å². The molecule has 0 atom stereocenters. The number of halogens is 2. The van der Waals surface area contributed by atoms with Gasteiger partial charge in [-0.2, -0.15) is 4.98 Å². The maximum Gasteiger partial charge on any atom is 0.229 e. The lowest BCUT2D eigenvalue weighted by Gasteiger charge is -2.10. The Labute approximate surface area is 144 Å². The van der Waals surface area contributed by atoms with Gasteiger partial charge in [0.05, 0.1) is 15.7 Å². The lowest BCUT2D eigenvalue weighted by molar-refractivity contribution is 1.16. The topological polar surface area (TPSA) is 49.8 Å². The monoisotopic (exact) mass is 344 g/mol. The van der Waals surface area contributed by atoms with Crippen LogP contribution >= 0.6 is 23.2 Å². The molecule has 0 unspecified atom stereocenters. The molecule has 1 heterocycles. The maximum atomic E-state index is 6.17. The molecule has 0 bridgehead atoms. The summed E-state index contributed by atoms with van der Waals surface area (Å²) in [5.41, 5.74) is 2.81. The van der Waals surface area contributed by atoms with Crippen molar-refractivity contribution in [3.05, 3.63) is 70.3 Å². The Bertz CT molecular complexity index is 819. The van der Waals surface area contributed by atoms with Gasteiger partial charge >= 0.3 is 0 Å². The van der Waals surface area contributed by atoms with Gasteiger partial charge in [-0.15, -0.1) is 0 Å². The van der Waals surface area contributed by atoms with E-state index in [0.717, 1.165) is 5.69 Å². The summed E-state index contributed by atoms with van der Waals surface area (Å²) in [6, 6.07) is 15.2. The summed E-state index contributed by atoms with van der Waals surface area (Å²) in [5.74, 6) is 1.12. The van der Waals surface area contributed by atoms with Gasteiger partial charge in [-0.3, -0.25) is 0 Å². The third-order valence-electron chi connectivity index (χ3n) is 3.18. The number of hydrogen-bond donors (Lipinski definition) is 2. The molecule has 3 aromatic rings. The van der Waals surface area contributed by atoms with E-state index < -0.39 is 0 Å². The van der Waals surface area contributed by atoms with E-state index in [1.807, 2.05) is 43.3 Å². The Hall–Kier alpha value is -2.30. The lowest BCUT2D eigenvalue weighted by Crippen LogP contribution is -2.00. The van der Waals surface area contributed by atoms with Gasteiger partial charge in [0, 0.05) is 11.9 Å². The van der Waals surface area contributed by atoms with Crippen molar-refractivity contribution in [2.45, 2.75) is 6.92 Å². The van der Waals surface area contributed by atoms with Crippen LogP contribution in [-0.4, -0.2) is 9.97 Å². The van der Waals surface area contributed by atoms with E-state index in [1.165, 1.54) is 5.56 Å². The molecular formula is C17H14Cl2N4. The molecule has 1 aromatic heterocycles. The molecule has 0 spiro atoms. The third-order valence-corrected chi connectivity index (χ3v) is 4.00. The van der Waals surface area contributed by atoms with Gasteiger partial charge in [-0.1, -0.05) is 47.0 Å². The van der Waals surface area contributed by atoms with Crippen molar-refractivity contribution in [2.75, 3.05) is 10.6 Å². The number of benzene rings is 2. The summed E-state index contributed by atoms with van der Waals surface area (Å²) in [7, 11) is 0. The second-order valence-electron chi connectivity index (χ2n) is 4.98. The minimum Gasteiger partial charge on any atom is -0.339 e. The summed E-state index contributed by atoms with van der Waals surface area (Å²) in [5, 5.41) is 7.25. The van der Waals surface area contributed by atoms with Crippen LogP contribution in [-0.2, 0) is 0 Å². The molecule has 0 aliphatic carbocycles. The van der Waals surface area contributed by atoms with Gasteiger partial charge in [-0.05, 0) is 37.3 Å². The highest BCUT2D eigenvalue weighted by Gasteiger charge is 2.06. The van der Waals surface area contributed by atoms with Crippen molar-refractivity contribution in [2.24, 2.45) is 0 Å². The van der Waals surface area contributed by atoms with Crippen molar-refractivity contribution >= 4 is 46.3 Å². The molecule has 2 N–H and O–H groups in total. The van der Waals surface area contributed by atoms with Crippen LogP contribution in [0.5, 0.6) is 0 Å². The van der Waals surface area contributed by atoms with Crippen LogP contribution in [0.4, 0.5) is 23.1 Å². The zero-order chi connectivity index (χ0) is 16.2. The molecule has 0 amide bonds. The molecule has 3 rings (SSSR count). The van der Waals surface area contributed by atoms with Crippen molar-refractivity contribution in [3.8, 4) is 0 Å². The van der Waals surface area contributed by atoms with E-state index in [1.54, 1.807) is 18.3 Å². The van der Waals surface area contributed by atoms with Crippen LogP contribution in [0.25, 0.3) is 0 Å². The molecule has 0 fully saturated rings. The van der Waals surface area contributed by atoms with Crippen LogP contribution < -0.4 is 10.6 Å². The van der Waals surface area contributed by atoms with E-state index in [9.17, 15) is 0 Å². The number of aryl methyl sites for hydroxylation is 1. The standard InChI is InChI=1S/C17H14Cl2N4/c1-11-5-7-12(8-6-11)21-17-20-10-9-15(23-17)22-14-4-2-3-13(18)16(14)19/h2-10H,1H3,(H2,20,21,22,23). The van der Waals surface area contributed by atoms with Gasteiger partial charge in [-0.25, -0.2) is 4.98 Å². The fraction of sp³-hybridized carbons (Fsp3) is 0.0588. The number of nitrogens with zero attached hydrogens (tertiary/aromatic N) is 2. The van der Waals surface area contributed by atoms with E-state index in [-0.39, 0.29) is 0 Å². The smallest absolute Gasteiger partial charge is 0.229 e. The summed E-state index contributed by atoms with van der Waals surface area (Å²) in [4.78, 5) is 8.64. The summed E-state index contributed by atoms with van der Waals surface area (Å²) in [6.07, 6.45) is 1.67. The third kappa shape index (κ3) is 3.92. The Morgan fingerprint density at radius 3 is 2.48 bits per heavy atom. The Morgan fingerprint density at radius 1 is 0.913 bits per heavy atom. The zero-order valence-electron chi connectivity index (χ0n) is 12.3. The molecule has 6 heteroatoms. The van der Waals surface area contributed by atoms with Gasteiger partial charge < -0.3 is 10.6 Å². The first kappa shape index (κ1) is 15.6. The van der Waals surface area contributed by atoms with Crippen molar-refractivity contribution in [1.82, 2.24) is 9.97 Å². The van der Waals surface area contributed by atoms with Crippen LogP contribution in [0.3, 0.4) is 0 Å². The first-order chi connectivity index (χ1) is 11.1. The minimum atomic E-state index is 0.459. The highest BCUT2D eigenvalue weighted by atomic mass is 35.5. The molecule has 0 aliphatic rings. The van der Waals surface area contributed by atoms with Gasteiger partial charge in [0.15, 0.2) is 0 Å². The molecule has 2 aromatic carbocycles. The molecule has 0 saturated carbocycles. The second-order valence-corrected chi connectivity index (χ2v) is 5.77. The predicted molar refractivity (Wildman–Crippen MR) is 96.2 cm³/mol. The van der Waals surface area contributed by atoms with E-state index in [0.29, 0.717) is 27.5 Å². The SMILES string of the molecule is Cc1ccc(Nc2nccc(Nc3cccc(Cl)c3Cl)n2)cc1. The molecule has 0 saturated heterocycles. The summed E-state index contributed by atoms with van der Waals surface area (Å²) < 4.78 is 0. The fourth-order valence-electron chi connectivity index (χ4n) is 1.99. The molecule has 4 nitrogen and oxygen atoms in total. The second kappa shape index (κ2) is 6.86. The molecule has 116 valence electrons. The molecule has 0 radical (unpaired) electrons. The van der Waals surface area contributed by atoms with Crippen molar-refractivity contribution in [3.63, 3.8) is 0 Å².